The minimum absolute atomic E-state index is 0.228. The minimum atomic E-state index is -1.28. The first-order valence-corrected chi connectivity index (χ1v) is 5.99. The second kappa shape index (κ2) is 5.24. The number of rotatable bonds is 5. The number of hydrogen-bond donors (Lipinski definition) is 2. The number of para-hydroxylation sites is 1. The SMILES string of the molecule is CC(N)(CCOc1cccc2cccnc12)C(=O)O. The van der Waals surface area contributed by atoms with E-state index in [1.807, 2.05) is 30.3 Å². The molecule has 2 rings (SSSR count). The Morgan fingerprint density at radius 1 is 1.42 bits per heavy atom. The Morgan fingerprint density at radius 2 is 2.16 bits per heavy atom. The van der Waals surface area contributed by atoms with E-state index in [9.17, 15) is 4.79 Å². The van der Waals surface area contributed by atoms with Crippen LogP contribution in [-0.4, -0.2) is 28.2 Å². The maximum atomic E-state index is 10.9. The van der Waals surface area contributed by atoms with Gasteiger partial charge in [0.05, 0.1) is 6.61 Å². The van der Waals surface area contributed by atoms with Gasteiger partial charge in [-0.2, -0.15) is 0 Å². The van der Waals surface area contributed by atoms with Gasteiger partial charge in [-0.15, -0.1) is 0 Å². The lowest BCUT2D eigenvalue weighted by molar-refractivity contribution is -0.143. The first kappa shape index (κ1) is 13.3. The zero-order valence-corrected chi connectivity index (χ0v) is 10.7. The maximum absolute atomic E-state index is 10.9. The van der Waals surface area contributed by atoms with Crippen molar-refractivity contribution in [1.82, 2.24) is 4.98 Å². The molecule has 5 nitrogen and oxygen atoms in total. The standard InChI is InChI=1S/C14H16N2O3/c1-14(15,13(17)18)7-9-19-11-6-2-4-10-5-3-8-16-12(10)11/h2-6,8H,7,9,15H2,1H3,(H,17,18). The Balaban J connectivity index is 2.09. The van der Waals surface area contributed by atoms with Crippen LogP contribution in [0, 0.1) is 0 Å². The third kappa shape index (κ3) is 3.00. The molecule has 0 radical (unpaired) electrons. The molecule has 1 aromatic carbocycles. The van der Waals surface area contributed by atoms with E-state index in [0.717, 1.165) is 10.9 Å². The average molecular weight is 260 g/mol. The van der Waals surface area contributed by atoms with Gasteiger partial charge < -0.3 is 15.6 Å². The number of carboxylic acid groups (broad SMARTS) is 1. The molecular formula is C14H16N2O3. The normalized spacial score (nSPS) is 14.0. The second-order valence-electron chi connectivity index (χ2n) is 4.65. The molecule has 2 aromatic rings. The van der Waals surface area contributed by atoms with Crippen molar-refractivity contribution in [3.63, 3.8) is 0 Å². The van der Waals surface area contributed by atoms with Crippen molar-refractivity contribution in [2.75, 3.05) is 6.61 Å². The van der Waals surface area contributed by atoms with Crippen molar-refractivity contribution >= 4 is 16.9 Å². The summed E-state index contributed by atoms with van der Waals surface area (Å²) in [6, 6.07) is 9.43. The van der Waals surface area contributed by atoms with Crippen LogP contribution >= 0.6 is 0 Å². The van der Waals surface area contributed by atoms with Gasteiger partial charge in [0.1, 0.15) is 16.8 Å². The summed E-state index contributed by atoms with van der Waals surface area (Å²) in [4.78, 5) is 15.1. The summed E-state index contributed by atoms with van der Waals surface area (Å²) in [5, 5.41) is 9.90. The molecular weight excluding hydrogens is 244 g/mol. The highest BCUT2D eigenvalue weighted by Gasteiger charge is 2.27. The number of benzene rings is 1. The van der Waals surface area contributed by atoms with Crippen molar-refractivity contribution < 1.29 is 14.6 Å². The molecule has 0 aliphatic rings. The van der Waals surface area contributed by atoms with Crippen molar-refractivity contribution in [2.45, 2.75) is 18.9 Å². The molecule has 5 heteroatoms. The van der Waals surface area contributed by atoms with Gasteiger partial charge in [-0.3, -0.25) is 9.78 Å². The molecule has 0 fully saturated rings. The number of nitrogens with two attached hydrogens (primary N) is 1. The highest BCUT2D eigenvalue weighted by Crippen LogP contribution is 2.23. The zero-order valence-electron chi connectivity index (χ0n) is 10.7. The fourth-order valence-corrected chi connectivity index (χ4v) is 1.67. The number of carbonyl (C=O) groups is 1. The maximum Gasteiger partial charge on any atom is 0.323 e. The third-order valence-electron chi connectivity index (χ3n) is 2.96. The Labute approximate surface area is 111 Å². The predicted molar refractivity (Wildman–Crippen MR) is 72.1 cm³/mol. The fourth-order valence-electron chi connectivity index (χ4n) is 1.67. The smallest absolute Gasteiger partial charge is 0.323 e. The quantitative estimate of drug-likeness (QED) is 0.856. The highest BCUT2D eigenvalue weighted by atomic mass is 16.5. The summed E-state index contributed by atoms with van der Waals surface area (Å²) in [5.74, 6) is -0.397. The summed E-state index contributed by atoms with van der Waals surface area (Å²) in [6.45, 7) is 1.70. The van der Waals surface area contributed by atoms with Crippen molar-refractivity contribution in [1.29, 1.82) is 0 Å². The van der Waals surface area contributed by atoms with Gasteiger partial charge in [-0.1, -0.05) is 18.2 Å². The number of carboxylic acids is 1. The van der Waals surface area contributed by atoms with E-state index in [1.165, 1.54) is 6.92 Å². The lowest BCUT2D eigenvalue weighted by atomic mass is 10.0. The van der Waals surface area contributed by atoms with Gasteiger partial charge in [-0.05, 0) is 19.1 Å². The number of nitrogens with zero attached hydrogens (tertiary/aromatic N) is 1. The number of fused-ring (bicyclic) bond motifs is 1. The Hall–Kier alpha value is -2.14. The van der Waals surface area contributed by atoms with Crippen LogP contribution < -0.4 is 10.5 Å². The van der Waals surface area contributed by atoms with Gasteiger partial charge >= 0.3 is 5.97 Å². The third-order valence-corrected chi connectivity index (χ3v) is 2.96. The molecule has 0 amide bonds. The first-order valence-electron chi connectivity index (χ1n) is 5.99. The summed E-state index contributed by atoms with van der Waals surface area (Å²) in [5.41, 5.74) is 5.12. The molecule has 0 aliphatic heterocycles. The van der Waals surface area contributed by atoms with Crippen LogP contribution in [0.2, 0.25) is 0 Å². The Kier molecular flexibility index (Phi) is 3.66. The van der Waals surface area contributed by atoms with Crippen molar-refractivity contribution in [3.8, 4) is 5.75 Å². The zero-order chi connectivity index (χ0) is 13.9. The van der Waals surface area contributed by atoms with E-state index in [-0.39, 0.29) is 13.0 Å². The van der Waals surface area contributed by atoms with Crippen molar-refractivity contribution in [2.24, 2.45) is 5.73 Å². The van der Waals surface area contributed by atoms with Crippen LogP contribution in [0.5, 0.6) is 5.75 Å². The van der Waals surface area contributed by atoms with E-state index < -0.39 is 11.5 Å². The van der Waals surface area contributed by atoms with Crippen LogP contribution in [0.4, 0.5) is 0 Å². The summed E-state index contributed by atoms with van der Waals surface area (Å²) >= 11 is 0. The molecule has 100 valence electrons. The molecule has 0 saturated carbocycles. The summed E-state index contributed by atoms with van der Waals surface area (Å²) < 4.78 is 5.60. The first-order chi connectivity index (χ1) is 9.00. The van der Waals surface area contributed by atoms with E-state index >= 15 is 0 Å². The van der Waals surface area contributed by atoms with E-state index in [4.69, 9.17) is 15.6 Å². The van der Waals surface area contributed by atoms with E-state index in [1.54, 1.807) is 6.20 Å². The fraction of sp³-hybridized carbons (Fsp3) is 0.286. The molecule has 0 saturated heterocycles. The van der Waals surface area contributed by atoms with Gasteiger partial charge in [-0.25, -0.2) is 0 Å². The molecule has 19 heavy (non-hydrogen) atoms. The molecule has 1 unspecified atom stereocenters. The number of aromatic nitrogens is 1. The van der Waals surface area contributed by atoms with Crippen LogP contribution in [0.3, 0.4) is 0 Å². The highest BCUT2D eigenvalue weighted by molar-refractivity contribution is 5.84. The largest absolute Gasteiger partial charge is 0.491 e. The topological polar surface area (TPSA) is 85.4 Å². The van der Waals surface area contributed by atoms with Gasteiger partial charge in [0, 0.05) is 18.0 Å². The second-order valence-corrected chi connectivity index (χ2v) is 4.65. The Bertz CT molecular complexity index is 591. The number of hydrogen-bond acceptors (Lipinski definition) is 4. The van der Waals surface area contributed by atoms with Crippen LogP contribution in [-0.2, 0) is 4.79 Å². The average Bonchev–Trinajstić information content (AvgIpc) is 2.38. The Morgan fingerprint density at radius 3 is 2.89 bits per heavy atom. The van der Waals surface area contributed by atoms with Crippen LogP contribution in [0.15, 0.2) is 36.5 Å². The summed E-state index contributed by atoms with van der Waals surface area (Å²) in [7, 11) is 0. The van der Waals surface area contributed by atoms with Gasteiger partial charge in [0.25, 0.3) is 0 Å². The predicted octanol–water partition coefficient (Wildman–Crippen LogP) is 1.81. The number of ether oxygens (including phenoxy) is 1. The number of aliphatic carboxylic acids is 1. The lowest BCUT2D eigenvalue weighted by Gasteiger charge is -2.19. The molecule has 0 spiro atoms. The summed E-state index contributed by atoms with van der Waals surface area (Å²) in [6.07, 6.45) is 1.92. The lowest BCUT2D eigenvalue weighted by Crippen LogP contribution is -2.45. The minimum Gasteiger partial charge on any atom is -0.491 e. The molecule has 1 aromatic heterocycles. The molecule has 0 bridgehead atoms. The number of pyridine rings is 1. The molecule has 1 atom stereocenters. The molecule has 3 N–H and O–H groups in total. The van der Waals surface area contributed by atoms with E-state index in [2.05, 4.69) is 4.98 Å². The van der Waals surface area contributed by atoms with Gasteiger partial charge in [0.2, 0.25) is 0 Å². The van der Waals surface area contributed by atoms with Crippen LogP contribution in [0.25, 0.3) is 10.9 Å². The monoisotopic (exact) mass is 260 g/mol. The molecule has 0 aliphatic carbocycles. The molecule has 1 heterocycles. The van der Waals surface area contributed by atoms with Crippen molar-refractivity contribution in [3.05, 3.63) is 36.5 Å². The van der Waals surface area contributed by atoms with E-state index in [0.29, 0.717) is 5.75 Å². The van der Waals surface area contributed by atoms with Gasteiger partial charge in [0.15, 0.2) is 0 Å². The van der Waals surface area contributed by atoms with Crippen LogP contribution in [0.1, 0.15) is 13.3 Å².